The van der Waals surface area contributed by atoms with Gasteiger partial charge in [0, 0.05) is 29.3 Å². The van der Waals surface area contributed by atoms with Crippen LogP contribution >= 0.6 is 0 Å². The van der Waals surface area contributed by atoms with Gasteiger partial charge in [-0.3, -0.25) is 5.10 Å². The van der Waals surface area contributed by atoms with Gasteiger partial charge in [0.1, 0.15) is 17.5 Å². The van der Waals surface area contributed by atoms with E-state index in [4.69, 9.17) is 0 Å². The molecule has 1 aliphatic carbocycles. The normalized spacial score (nSPS) is 14.7. The van der Waals surface area contributed by atoms with Gasteiger partial charge in [-0.2, -0.15) is 20.1 Å². The lowest BCUT2D eigenvalue weighted by molar-refractivity contribution is 0.566. The molecule has 0 aliphatic heterocycles. The zero-order valence-corrected chi connectivity index (χ0v) is 15.6. The van der Waals surface area contributed by atoms with Gasteiger partial charge in [-0.1, -0.05) is 13.0 Å². The van der Waals surface area contributed by atoms with Crippen LogP contribution < -0.4 is 10.6 Å². The van der Waals surface area contributed by atoms with Gasteiger partial charge in [0.2, 0.25) is 11.9 Å². The van der Waals surface area contributed by atoms with Crippen LogP contribution in [0.1, 0.15) is 55.7 Å². The highest BCUT2D eigenvalue weighted by Crippen LogP contribution is 2.38. The number of aromatic amines is 1. The Morgan fingerprint density at radius 3 is 2.61 bits per heavy atom. The number of anilines is 3. The second-order valence-corrected chi connectivity index (χ2v) is 6.90. The van der Waals surface area contributed by atoms with Crippen LogP contribution in [0.4, 0.5) is 26.5 Å². The molecule has 2 aromatic heterocycles. The lowest BCUT2D eigenvalue weighted by Crippen LogP contribution is -2.14. The fourth-order valence-corrected chi connectivity index (χ4v) is 2.88. The molecule has 146 valence electrons. The Bertz CT molecular complexity index is 984. The maximum atomic E-state index is 14.1. The minimum atomic E-state index is -0.613. The summed E-state index contributed by atoms with van der Waals surface area (Å²) in [6.45, 7) is 3.80. The average Bonchev–Trinajstić information content (AvgIpc) is 3.41. The van der Waals surface area contributed by atoms with E-state index in [1.54, 1.807) is 6.92 Å². The summed E-state index contributed by atoms with van der Waals surface area (Å²) >= 11 is 0. The molecule has 0 spiro atoms. The van der Waals surface area contributed by atoms with Crippen LogP contribution in [0.15, 0.2) is 24.3 Å². The Hall–Kier alpha value is -3.10. The summed E-state index contributed by atoms with van der Waals surface area (Å²) in [4.78, 5) is 13.3. The van der Waals surface area contributed by atoms with Crippen LogP contribution in [0.5, 0.6) is 0 Å². The second-order valence-electron chi connectivity index (χ2n) is 6.90. The van der Waals surface area contributed by atoms with Gasteiger partial charge >= 0.3 is 0 Å². The third-order valence-corrected chi connectivity index (χ3v) is 4.62. The van der Waals surface area contributed by atoms with Crippen molar-refractivity contribution in [2.45, 2.75) is 45.1 Å². The third-order valence-electron chi connectivity index (χ3n) is 4.62. The summed E-state index contributed by atoms with van der Waals surface area (Å²) in [6.07, 6.45) is 2.91. The number of hydrogen-bond donors (Lipinski definition) is 3. The van der Waals surface area contributed by atoms with E-state index >= 15 is 0 Å². The molecule has 28 heavy (non-hydrogen) atoms. The van der Waals surface area contributed by atoms with Gasteiger partial charge < -0.3 is 10.6 Å². The minimum Gasteiger partial charge on any atom is -0.347 e. The standard InChI is InChI=1S/C19H21F2N7/c1-3-13-9-16(28-27-13)23-19-25-17(11-4-5-11)24-18(26-19)22-10(2)14-7-6-12(20)8-15(14)21/h6-11H,3-5H2,1-2H3,(H3,22,23,24,25,26,27,28). The molecular formula is C19H21F2N7. The van der Waals surface area contributed by atoms with Crippen molar-refractivity contribution >= 4 is 17.7 Å². The van der Waals surface area contributed by atoms with Crippen LogP contribution in [0, 0.1) is 11.6 Å². The van der Waals surface area contributed by atoms with E-state index in [1.807, 2.05) is 13.0 Å². The summed E-state index contributed by atoms with van der Waals surface area (Å²) in [6, 6.07) is 4.96. The van der Waals surface area contributed by atoms with Crippen molar-refractivity contribution in [3.05, 3.63) is 53.0 Å². The topological polar surface area (TPSA) is 91.4 Å². The lowest BCUT2D eigenvalue weighted by Gasteiger charge is -2.16. The van der Waals surface area contributed by atoms with Gasteiger partial charge in [0.15, 0.2) is 5.82 Å². The van der Waals surface area contributed by atoms with Crippen LogP contribution in [-0.2, 0) is 6.42 Å². The number of H-pyrrole nitrogens is 1. The van der Waals surface area contributed by atoms with Gasteiger partial charge in [-0.05, 0) is 32.3 Å². The van der Waals surface area contributed by atoms with Crippen molar-refractivity contribution in [1.82, 2.24) is 25.1 Å². The SMILES string of the molecule is CCc1cc(Nc2nc(NC(C)c3ccc(F)cc3F)nc(C3CC3)n2)n[nH]1. The zero-order chi connectivity index (χ0) is 19.7. The molecule has 0 bridgehead atoms. The fourth-order valence-electron chi connectivity index (χ4n) is 2.88. The van der Waals surface area contributed by atoms with E-state index in [0.29, 0.717) is 35.0 Å². The first-order valence-electron chi connectivity index (χ1n) is 9.30. The highest BCUT2D eigenvalue weighted by Gasteiger charge is 2.28. The molecule has 3 aromatic rings. The molecule has 1 saturated carbocycles. The summed E-state index contributed by atoms with van der Waals surface area (Å²) in [7, 11) is 0. The van der Waals surface area contributed by atoms with Crippen molar-refractivity contribution in [2.75, 3.05) is 10.6 Å². The molecular weight excluding hydrogens is 364 g/mol. The first kappa shape index (κ1) is 18.3. The van der Waals surface area contributed by atoms with Gasteiger partial charge in [0.05, 0.1) is 6.04 Å². The molecule has 9 heteroatoms. The number of hydrogen-bond acceptors (Lipinski definition) is 6. The van der Waals surface area contributed by atoms with Crippen LogP contribution in [0.2, 0.25) is 0 Å². The molecule has 7 nitrogen and oxygen atoms in total. The highest BCUT2D eigenvalue weighted by atomic mass is 19.1. The summed E-state index contributed by atoms with van der Waals surface area (Å²) in [5.41, 5.74) is 1.34. The number of halogens is 2. The Balaban J connectivity index is 1.58. The summed E-state index contributed by atoms with van der Waals surface area (Å²) < 4.78 is 27.2. The van der Waals surface area contributed by atoms with Gasteiger partial charge in [0.25, 0.3) is 0 Å². The third kappa shape index (κ3) is 4.08. The van der Waals surface area contributed by atoms with Crippen molar-refractivity contribution in [3.8, 4) is 0 Å². The molecule has 3 N–H and O–H groups in total. The number of aryl methyl sites for hydroxylation is 1. The Morgan fingerprint density at radius 1 is 1.14 bits per heavy atom. The molecule has 2 heterocycles. The predicted octanol–water partition coefficient (Wildman–Crippen LogP) is 4.23. The highest BCUT2D eigenvalue weighted by molar-refractivity contribution is 5.50. The molecule has 0 amide bonds. The average molecular weight is 385 g/mol. The van der Waals surface area contributed by atoms with Crippen LogP contribution in [-0.4, -0.2) is 25.1 Å². The first-order chi connectivity index (χ1) is 13.5. The van der Waals surface area contributed by atoms with Gasteiger partial charge in [-0.15, -0.1) is 0 Å². The number of aromatic nitrogens is 5. The van der Waals surface area contributed by atoms with Crippen molar-refractivity contribution in [1.29, 1.82) is 0 Å². The second kappa shape index (κ2) is 7.49. The van der Waals surface area contributed by atoms with Crippen LogP contribution in [0.3, 0.4) is 0 Å². The largest absolute Gasteiger partial charge is 0.347 e. The molecule has 0 radical (unpaired) electrons. The molecule has 0 saturated heterocycles. The molecule has 1 fully saturated rings. The minimum absolute atomic E-state index is 0.312. The molecule has 4 rings (SSSR count). The van der Waals surface area contributed by atoms with E-state index < -0.39 is 17.7 Å². The number of rotatable bonds is 7. The van der Waals surface area contributed by atoms with Crippen molar-refractivity contribution in [2.24, 2.45) is 0 Å². The maximum absolute atomic E-state index is 14.1. The van der Waals surface area contributed by atoms with Gasteiger partial charge in [-0.25, -0.2) is 8.78 Å². The maximum Gasteiger partial charge on any atom is 0.233 e. The number of nitrogens with zero attached hydrogens (tertiary/aromatic N) is 4. The molecule has 1 unspecified atom stereocenters. The fraction of sp³-hybridized carbons (Fsp3) is 0.368. The summed E-state index contributed by atoms with van der Waals surface area (Å²) in [5, 5.41) is 13.3. The van der Waals surface area contributed by atoms with Crippen molar-refractivity contribution in [3.63, 3.8) is 0 Å². The van der Waals surface area contributed by atoms with E-state index in [0.717, 1.165) is 31.0 Å². The zero-order valence-electron chi connectivity index (χ0n) is 15.6. The van der Waals surface area contributed by atoms with E-state index in [1.165, 1.54) is 12.1 Å². The molecule has 1 aliphatic rings. The summed E-state index contributed by atoms with van der Waals surface area (Å²) in [5.74, 6) is 1.11. The monoisotopic (exact) mass is 385 g/mol. The number of nitrogens with one attached hydrogen (secondary N) is 3. The van der Waals surface area contributed by atoms with E-state index in [9.17, 15) is 8.78 Å². The van der Waals surface area contributed by atoms with E-state index in [-0.39, 0.29) is 0 Å². The van der Waals surface area contributed by atoms with Crippen molar-refractivity contribution < 1.29 is 8.78 Å². The molecule has 1 aromatic carbocycles. The lowest BCUT2D eigenvalue weighted by atomic mass is 10.1. The Labute approximate surface area is 161 Å². The Morgan fingerprint density at radius 2 is 1.93 bits per heavy atom. The first-order valence-corrected chi connectivity index (χ1v) is 9.30. The Kier molecular flexibility index (Phi) is 4.89. The predicted molar refractivity (Wildman–Crippen MR) is 101 cm³/mol. The smallest absolute Gasteiger partial charge is 0.233 e. The van der Waals surface area contributed by atoms with E-state index in [2.05, 4.69) is 35.8 Å². The van der Waals surface area contributed by atoms with Crippen LogP contribution in [0.25, 0.3) is 0 Å². The quantitative estimate of drug-likeness (QED) is 0.564. The number of benzene rings is 1. The molecule has 1 atom stereocenters.